The van der Waals surface area contributed by atoms with E-state index in [0.717, 1.165) is 5.56 Å². The summed E-state index contributed by atoms with van der Waals surface area (Å²) in [6.45, 7) is 8.30. The number of benzene rings is 1. The predicted octanol–water partition coefficient (Wildman–Crippen LogP) is 2.50. The third kappa shape index (κ3) is 4.02. The van der Waals surface area contributed by atoms with E-state index >= 15 is 0 Å². The zero-order valence-electron chi connectivity index (χ0n) is 9.99. The minimum absolute atomic E-state index is 0.0230. The Morgan fingerprint density at radius 3 is 2.13 bits per heavy atom. The van der Waals surface area contributed by atoms with E-state index < -0.39 is 6.10 Å². The Morgan fingerprint density at radius 2 is 1.67 bits per heavy atom. The van der Waals surface area contributed by atoms with Crippen LogP contribution in [0.25, 0.3) is 0 Å². The van der Waals surface area contributed by atoms with Crippen LogP contribution in [0.15, 0.2) is 30.3 Å². The minimum atomic E-state index is -0.453. The molecule has 2 N–H and O–H groups in total. The van der Waals surface area contributed by atoms with Crippen molar-refractivity contribution in [1.29, 1.82) is 0 Å². The topological polar surface area (TPSA) is 32.3 Å². The van der Waals surface area contributed by atoms with Gasteiger partial charge in [-0.3, -0.25) is 0 Å². The molecule has 0 heterocycles. The highest BCUT2D eigenvalue weighted by Gasteiger charge is 2.20. The maximum atomic E-state index is 10.1. The smallest absolute Gasteiger partial charge is 0.0940 e. The number of aliphatic hydroxyl groups excluding tert-OH is 1. The Bertz CT molecular complexity index is 289. The van der Waals surface area contributed by atoms with Crippen LogP contribution in [0, 0.1) is 0 Å². The summed E-state index contributed by atoms with van der Waals surface area (Å²) >= 11 is 0. The quantitative estimate of drug-likeness (QED) is 0.798. The number of hydrogen-bond acceptors (Lipinski definition) is 2. The molecule has 1 aromatic rings. The van der Waals surface area contributed by atoms with Gasteiger partial charge >= 0.3 is 0 Å². The van der Waals surface area contributed by atoms with Gasteiger partial charge in [-0.15, -0.1) is 0 Å². The molecule has 0 saturated heterocycles. The molecular weight excluding hydrogens is 186 g/mol. The van der Waals surface area contributed by atoms with Crippen LogP contribution in [-0.4, -0.2) is 16.7 Å². The summed E-state index contributed by atoms with van der Waals surface area (Å²) in [4.78, 5) is 0. The standard InChI is InChI=1S/C13H21NO/c1-10(14-13(2,3)4)12(15)11-8-6-5-7-9-11/h5-10,12,14-15H,1-4H3/t10-,12-/m0/s1. The van der Waals surface area contributed by atoms with Crippen LogP contribution < -0.4 is 5.32 Å². The van der Waals surface area contributed by atoms with Gasteiger partial charge in [0.15, 0.2) is 0 Å². The normalized spacial score (nSPS) is 16.1. The van der Waals surface area contributed by atoms with Crippen molar-refractivity contribution in [2.75, 3.05) is 0 Å². The predicted molar refractivity (Wildman–Crippen MR) is 63.8 cm³/mol. The number of nitrogens with one attached hydrogen (secondary N) is 1. The van der Waals surface area contributed by atoms with Crippen LogP contribution in [0.5, 0.6) is 0 Å². The molecule has 2 atom stereocenters. The lowest BCUT2D eigenvalue weighted by atomic mass is 10.0. The Balaban J connectivity index is 2.65. The lowest BCUT2D eigenvalue weighted by Gasteiger charge is -2.29. The SMILES string of the molecule is C[C@H](NC(C)(C)C)[C@H](O)c1ccccc1. The molecule has 0 unspecified atom stereocenters. The molecule has 15 heavy (non-hydrogen) atoms. The van der Waals surface area contributed by atoms with Gasteiger partial charge in [0, 0.05) is 11.6 Å². The summed E-state index contributed by atoms with van der Waals surface area (Å²) < 4.78 is 0. The zero-order chi connectivity index (χ0) is 11.5. The second kappa shape index (κ2) is 4.77. The first-order valence-electron chi connectivity index (χ1n) is 5.41. The lowest BCUT2D eigenvalue weighted by molar-refractivity contribution is 0.121. The molecule has 2 nitrogen and oxygen atoms in total. The van der Waals surface area contributed by atoms with E-state index in [1.54, 1.807) is 0 Å². The summed E-state index contributed by atoms with van der Waals surface area (Å²) in [7, 11) is 0. The Morgan fingerprint density at radius 1 is 1.13 bits per heavy atom. The molecule has 0 saturated carbocycles. The number of hydrogen-bond donors (Lipinski definition) is 2. The van der Waals surface area contributed by atoms with Gasteiger partial charge < -0.3 is 10.4 Å². The molecule has 1 aromatic carbocycles. The number of aliphatic hydroxyl groups is 1. The van der Waals surface area contributed by atoms with Crippen LogP contribution in [0.2, 0.25) is 0 Å². The summed E-state index contributed by atoms with van der Waals surface area (Å²) in [6.07, 6.45) is -0.453. The fourth-order valence-corrected chi connectivity index (χ4v) is 1.70. The molecule has 0 aliphatic carbocycles. The van der Waals surface area contributed by atoms with Crippen molar-refractivity contribution in [3.63, 3.8) is 0 Å². The fourth-order valence-electron chi connectivity index (χ4n) is 1.70. The molecule has 0 spiro atoms. The van der Waals surface area contributed by atoms with Crippen molar-refractivity contribution in [1.82, 2.24) is 5.32 Å². The molecule has 0 aliphatic heterocycles. The minimum Gasteiger partial charge on any atom is -0.387 e. The van der Waals surface area contributed by atoms with Crippen molar-refractivity contribution in [2.24, 2.45) is 0 Å². The third-order valence-corrected chi connectivity index (χ3v) is 2.28. The second-order valence-electron chi connectivity index (χ2n) is 5.04. The van der Waals surface area contributed by atoms with Crippen molar-refractivity contribution in [2.45, 2.75) is 45.4 Å². The summed E-state index contributed by atoms with van der Waals surface area (Å²) in [5.74, 6) is 0. The average molecular weight is 207 g/mol. The summed E-state index contributed by atoms with van der Waals surface area (Å²) in [6, 6.07) is 9.80. The van der Waals surface area contributed by atoms with Crippen molar-refractivity contribution in [3.05, 3.63) is 35.9 Å². The first-order valence-corrected chi connectivity index (χ1v) is 5.41. The van der Waals surface area contributed by atoms with Crippen LogP contribution in [0.1, 0.15) is 39.4 Å². The molecule has 0 aliphatic rings. The largest absolute Gasteiger partial charge is 0.387 e. The van der Waals surface area contributed by atoms with E-state index in [4.69, 9.17) is 0 Å². The van der Waals surface area contributed by atoms with Gasteiger partial charge in [-0.1, -0.05) is 30.3 Å². The van der Waals surface area contributed by atoms with E-state index in [9.17, 15) is 5.11 Å². The third-order valence-electron chi connectivity index (χ3n) is 2.28. The van der Waals surface area contributed by atoms with Crippen LogP contribution >= 0.6 is 0 Å². The molecule has 0 radical (unpaired) electrons. The Hall–Kier alpha value is -0.860. The molecule has 1 rings (SSSR count). The van der Waals surface area contributed by atoms with Gasteiger partial charge in [0.1, 0.15) is 0 Å². The molecule has 84 valence electrons. The highest BCUT2D eigenvalue weighted by Crippen LogP contribution is 2.17. The highest BCUT2D eigenvalue weighted by molar-refractivity contribution is 5.18. The number of rotatable bonds is 3. The van der Waals surface area contributed by atoms with E-state index in [-0.39, 0.29) is 11.6 Å². The van der Waals surface area contributed by atoms with E-state index in [0.29, 0.717) is 0 Å². The van der Waals surface area contributed by atoms with Gasteiger partial charge in [-0.25, -0.2) is 0 Å². The first-order chi connectivity index (χ1) is 6.90. The zero-order valence-corrected chi connectivity index (χ0v) is 9.99. The Kier molecular flexibility index (Phi) is 3.89. The average Bonchev–Trinajstić information content (AvgIpc) is 2.15. The first kappa shape index (κ1) is 12.2. The molecule has 0 amide bonds. The maximum Gasteiger partial charge on any atom is 0.0940 e. The molecular formula is C13H21NO. The summed E-state index contributed by atoms with van der Waals surface area (Å²) in [5, 5.41) is 13.5. The molecule has 2 heteroatoms. The van der Waals surface area contributed by atoms with E-state index in [1.807, 2.05) is 37.3 Å². The van der Waals surface area contributed by atoms with Crippen LogP contribution in [0.3, 0.4) is 0 Å². The molecule has 0 fully saturated rings. The van der Waals surface area contributed by atoms with Crippen molar-refractivity contribution < 1.29 is 5.11 Å². The van der Waals surface area contributed by atoms with Gasteiger partial charge in [-0.05, 0) is 33.3 Å². The second-order valence-corrected chi connectivity index (χ2v) is 5.04. The Labute approximate surface area is 92.3 Å². The van der Waals surface area contributed by atoms with Gasteiger partial charge in [0.2, 0.25) is 0 Å². The van der Waals surface area contributed by atoms with Crippen LogP contribution in [-0.2, 0) is 0 Å². The molecule has 0 bridgehead atoms. The monoisotopic (exact) mass is 207 g/mol. The van der Waals surface area contributed by atoms with Gasteiger partial charge in [0.25, 0.3) is 0 Å². The van der Waals surface area contributed by atoms with E-state index in [2.05, 4.69) is 26.1 Å². The van der Waals surface area contributed by atoms with Crippen molar-refractivity contribution >= 4 is 0 Å². The van der Waals surface area contributed by atoms with E-state index in [1.165, 1.54) is 0 Å². The maximum absolute atomic E-state index is 10.1. The van der Waals surface area contributed by atoms with Crippen molar-refractivity contribution in [3.8, 4) is 0 Å². The van der Waals surface area contributed by atoms with Gasteiger partial charge in [-0.2, -0.15) is 0 Å². The molecule has 0 aromatic heterocycles. The summed E-state index contributed by atoms with van der Waals surface area (Å²) in [5.41, 5.74) is 0.983. The highest BCUT2D eigenvalue weighted by atomic mass is 16.3. The lowest BCUT2D eigenvalue weighted by Crippen LogP contribution is -2.44. The van der Waals surface area contributed by atoms with Crippen LogP contribution in [0.4, 0.5) is 0 Å². The van der Waals surface area contributed by atoms with Gasteiger partial charge in [0.05, 0.1) is 6.10 Å². The fraction of sp³-hybridized carbons (Fsp3) is 0.538.